The minimum Gasteiger partial charge on any atom is -0.493 e. The minimum absolute atomic E-state index is 0.180. The van der Waals surface area contributed by atoms with Gasteiger partial charge in [-0.3, -0.25) is 0 Å². The van der Waals surface area contributed by atoms with Crippen LogP contribution in [0.1, 0.15) is 15.9 Å². The zero-order valence-corrected chi connectivity index (χ0v) is 13.0. The number of carboxylic acid groups (broad SMARTS) is 1. The van der Waals surface area contributed by atoms with Gasteiger partial charge in [-0.05, 0) is 35.9 Å². The van der Waals surface area contributed by atoms with Crippen molar-refractivity contribution >= 4 is 23.3 Å². The highest BCUT2D eigenvalue weighted by Gasteiger charge is 2.08. The normalized spacial score (nSPS) is 10.1. The van der Waals surface area contributed by atoms with Crippen molar-refractivity contribution in [2.24, 2.45) is 0 Å². The zero-order valence-electron chi connectivity index (χ0n) is 12.2. The first-order valence-electron chi connectivity index (χ1n) is 6.52. The van der Waals surface area contributed by atoms with Gasteiger partial charge >= 0.3 is 5.97 Å². The number of benzene rings is 2. The SMILES string of the molecule is COc1ccc(CNc2cc(C(=O)O)ccc2Cl)cc1OC. The van der Waals surface area contributed by atoms with Gasteiger partial charge in [0.1, 0.15) is 0 Å². The van der Waals surface area contributed by atoms with E-state index in [1.807, 2.05) is 18.2 Å². The van der Waals surface area contributed by atoms with Crippen molar-refractivity contribution in [1.82, 2.24) is 0 Å². The van der Waals surface area contributed by atoms with Gasteiger partial charge in [-0.1, -0.05) is 17.7 Å². The first-order valence-corrected chi connectivity index (χ1v) is 6.90. The lowest BCUT2D eigenvalue weighted by atomic mass is 10.1. The Balaban J connectivity index is 2.16. The Morgan fingerprint density at radius 2 is 1.86 bits per heavy atom. The van der Waals surface area contributed by atoms with Crippen molar-refractivity contribution < 1.29 is 19.4 Å². The van der Waals surface area contributed by atoms with Crippen molar-refractivity contribution in [2.75, 3.05) is 19.5 Å². The average Bonchev–Trinajstić information content (AvgIpc) is 2.53. The fourth-order valence-corrected chi connectivity index (χ4v) is 2.17. The molecule has 2 aromatic carbocycles. The average molecular weight is 322 g/mol. The molecule has 0 unspecified atom stereocenters. The molecule has 0 aromatic heterocycles. The van der Waals surface area contributed by atoms with Crippen LogP contribution in [0, 0.1) is 0 Å². The molecule has 2 N–H and O–H groups in total. The number of hydrogen-bond donors (Lipinski definition) is 2. The first kappa shape index (κ1) is 16.0. The quantitative estimate of drug-likeness (QED) is 0.849. The number of ether oxygens (including phenoxy) is 2. The van der Waals surface area contributed by atoms with Gasteiger partial charge in [0, 0.05) is 6.54 Å². The number of aromatic carboxylic acids is 1. The van der Waals surface area contributed by atoms with E-state index in [0.29, 0.717) is 28.8 Å². The molecule has 116 valence electrons. The van der Waals surface area contributed by atoms with E-state index in [9.17, 15) is 4.79 Å². The maximum absolute atomic E-state index is 11.0. The van der Waals surface area contributed by atoms with Crippen molar-refractivity contribution in [3.8, 4) is 11.5 Å². The van der Waals surface area contributed by atoms with E-state index in [0.717, 1.165) is 5.56 Å². The maximum atomic E-state index is 11.0. The molecule has 5 nitrogen and oxygen atoms in total. The summed E-state index contributed by atoms with van der Waals surface area (Å²) in [6.07, 6.45) is 0. The molecule has 0 atom stereocenters. The van der Waals surface area contributed by atoms with Gasteiger partial charge in [0.25, 0.3) is 0 Å². The fourth-order valence-electron chi connectivity index (χ4n) is 1.98. The van der Waals surface area contributed by atoms with Crippen molar-refractivity contribution in [1.29, 1.82) is 0 Å². The summed E-state index contributed by atoms with van der Waals surface area (Å²) in [6, 6.07) is 10.1. The summed E-state index contributed by atoms with van der Waals surface area (Å²) in [5.41, 5.74) is 1.70. The van der Waals surface area contributed by atoms with E-state index in [-0.39, 0.29) is 5.56 Å². The van der Waals surface area contributed by atoms with Crippen molar-refractivity contribution in [3.05, 3.63) is 52.5 Å². The zero-order chi connectivity index (χ0) is 16.1. The van der Waals surface area contributed by atoms with Gasteiger partial charge in [-0.25, -0.2) is 4.79 Å². The Hall–Kier alpha value is -2.40. The predicted octanol–water partition coefficient (Wildman–Crippen LogP) is 3.67. The van der Waals surface area contributed by atoms with Crippen molar-refractivity contribution in [3.63, 3.8) is 0 Å². The number of halogens is 1. The molecule has 0 radical (unpaired) electrons. The third kappa shape index (κ3) is 3.62. The summed E-state index contributed by atoms with van der Waals surface area (Å²) < 4.78 is 10.4. The van der Waals surface area contributed by atoms with Crippen molar-refractivity contribution in [2.45, 2.75) is 6.54 Å². The summed E-state index contributed by atoms with van der Waals surface area (Å²) in [6.45, 7) is 0.475. The molecule has 2 aromatic rings. The van der Waals surface area contributed by atoms with E-state index in [1.54, 1.807) is 20.3 Å². The Morgan fingerprint density at radius 3 is 2.50 bits per heavy atom. The largest absolute Gasteiger partial charge is 0.493 e. The van der Waals surface area contributed by atoms with E-state index < -0.39 is 5.97 Å². The third-order valence-corrected chi connectivity index (χ3v) is 3.47. The molecule has 0 aliphatic carbocycles. The maximum Gasteiger partial charge on any atom is 0.335 e. The summed E-state index contributed by atoms with van der Waals surface area (Å²) in [5.74, 6) is 0.287. The molecular formula is C16H16ClNO4. The number of anilines is 1. The van der Waals surface area contributed by atoms with Crippen LogP contribution in [-0.4, -0.2) is 25.3 Å². The topological polar surface area (TPSA) is 67.8 Å². The van der Waals surface area contributed by atoms with Crippen LogP contribution in [-0.2, 0) is 6.54 Å². The second-order valence-corrected chi connectivity index (χ2v) is 4.95. The summed E-state index contributed by atoms with van der Waals surface area (Å²) >= 11 is 6.07. The molecule has 0 aliphatic heterocycles. The van der Waals surface area contributed by atoms with Gasteiger partial charge < -0.3 is 19.9 Å². The fraction of sp³-hybridized carbons (Fsp3) is 0.188. The number of methoxy groups -OCH3 is 2. The summed E-state index contributed by atoms with van der Waals surface area (Å²) in [7, 11) is 3.15. The third-order valence-electron chi connectivity index (χ3n) is 3.14. The van der Waals surface area contributed by atoms with Crippen LogP contribution in [0.2, 0.25) is 5.02 Å². The second-order valence-electron chi connectivity index (χ2n) is 4.54. The summed E-state index contributed by atoms with van der Waals surface area (Å²) in [4.78, 5) is 11.0. The number of carbonyl (C=O) groups is 1. The van der Waals surface area contributed by atoms with Crippen LogP contribution in [0.4, 0.5) is 5.69 Å². The molecule has 0 saturated heterocycles. The molecule has 6 heteroatoms. The van der Waals surface area contributed by atoms with Crippen LogP contribution in [0.5, 0.6) is 11.5 Å². The van der Waals surface area contributed by atoms with Crippen LogP contribution in [0.3, 0.4) is 0 Å². The lowest BCUT2D eigenvalue weighted by molar-refractivity contribution is 0.0697. The van der Waals surface area contributed by atoms with Crippen LogP contribution < -0.4 is 14.8 Å². The highest BCUT2D eigenvalue weighted by Crippen LogP contribution is 2.29. The number of carboxylic acids is 1. The first-order chi connectivity index (χ1) is 10.5. The van der Waals surface area contributed by atoms with Crippen LogP contribution >= 0.6 is 11.6 Å². The molecule has 0 aliphatic rings. The highest BCUT2D eigenvalue weighted by molar-refractivity contribution is 6.33. The van der Waals surface area contributed by atoms with Gasteiger partial charge in [0.15, 0.2) is 11.5 Å². The second kappa shape index (κ2) is 7.04. The summed E-state index contributed by atoms with van der Waals surface area (Å²) in [5, 5.41) is 12.6. The minimum atomic E-state index is -0.995. The Bertz CT molecular complexity index is 688. The molecule has 0 fully saturated rings. The van der Waals surface area contributed by atoms with E-state index in [2.05, 4.69) is 5.32 Å². The van der Waals surface area contributed by atoms with Gasteiger partial charge in [0.05, 0.1) is 30.5 Å². The van der Waals surface area contributed by atoms with Gasteiger partial charge in [0.2, 0.25) is 0 Å². The molecule has 0 bridgehead atoms. The molecule has 0 saturated carbocycles. The van der Waals surface area contributed by atoms with Crippen LogP contribution in [0.15, 0.2) is 36.4 Å². The molecular weight excluding hydrogens is 306 g/mol. The Labute approximate surface area is 133 Å². The highest BCUT2D eigenvalue weighted by atomic mass is 35.5. The molecule has 2 rings (SSSR count). The molecule has 22 heavy (non-hydrogen) atoms. The molecule has 0 spiro atoms. The molecule has 0 heterocycles. The molecule has 0 amide bonds. The van der Waals surface area contributed by atoms with Gasteiger partial charge in [-0.2, -0.15) is 0 Å². The lowest BCUT2D eigenvalue weighted by Gasteiger charge is -2.12. The standard InChI is InChI=1S/C16H16ClNO4/c1-21-14-6-3-10(7-15(14)22-2)9-18-13-8-11(16(19)20)4-5-12(13)17/h3-8,18H,9H2,1-2H3,(H,19,20). The smallest absolute Gasteiger partial charge is 0.335 e. The monoisotopic (exact) mass is 321 g/mol. The Kier molecular flexibility index (Phi) is 5.12. The predicted molar refractivity (Wildman–Crippen MR) is 85.3 cm³/mol. The number of rotatable bonds is 6. The van der Waals surface area contributed by atoms with E-state index in [4.69, 9.17) is 26.2 Å². The number of hydrogen-bond acceptors (Lipinski definition) is 4. The van der Waals surface area contributed by atoms with E-state index >= 15 is 0 Å². The van der Waals surface area contributed by atoms with Gasteiger partial charge in [-0.15, -0.1) is 0 Å². The van der Waals surface area contributed by atoms with Crippen LogP contribution in [0.25, 0.3) is 0 Å². The lowest BCUT2D eigenvalue weighted by Crippen LogP contribution is -2.03. The van der Waals surface area contributed by atoms with E-state index in [1.165, 1.54) is 12.1 Å². The Morgan fingerprint density at radius 1 is 1.14 bits per heavy atom. The number of nitrogens with one attached hydrogen (secondary N) is 1.